The van der Waals surface area contributed by atoms with Crippen molar-refractivity contribution in [3.63, 3.8) is 0 Å². The maximum Gasteiger partial charge on any atom is 0.235 e. The number of rotatable bonds is 8. The topological polar surface area (TPSA) is 61.5 Å². The summed E-state index contributed by atoms with van der Waals surface area (Å²) in [6, 6.07) is 16.1. The molecule has 2 heterocycles. The van der Waals surface area contributed by atoms with E-state index in [0.29, 0.717) is 19.0 Å². The van der Waals surface area contributed by atoms with Crippen molar-refractivity contribution in [1.82, 2.24) is 19.8 Å². The molecule has 6 nitrogen and oxygen atoms in total. The number of hydrogen-bond donors (Lipinski definition) is 0. The van der Waals surface area contributed by atoms with Crippen LogP contribution in [0.15, 0.2) is 53.4 Å². The van der Waals surface area contributed by atoms with Crippen LogP contribution in [0.25, 0.3) is 15.5 Å². The molecule has 0 aliphatic carbocycles. The van der Waals surface area contributed by atoms with Gasteiger partial charge in [0.15, 0.2) is 22.3 Å². The monoisotopic (exact) mass is 412 g/mol. The molecule has 0 saturated carbocycles. The van der Waals surface area contributed by atoms with Gasteiger partial charge in [0.25, 0.3) is 0 Å². The SMILES string of the molecule is CCOc1cccc(-c2nn3c(CSc4ccccc4)nnc3s2)c1OCC. The van der Waals surface area contributed by atoms with E-state index in [-0.39, 0.29) is 0 Å². The highest BCUT2D eigenvalue weighted by molar-refractivity contribution is 7.98. The number of fused-ring (bicyclic) bond motifs is 1. The average molecular weight is 413 g/mol. The first-order valence-electron chi connectivity index (χ1n) is 9.08. The van der Waals surface area contributed by atoms with Crippen molar-refractivity contribution < 1.29 is 9.47 Å². The van der Waals surface area contributed by atoms with Crippen LogP contribution in [0, 0.1) is 0 Å². The summed E-state index contributed by atoms with van der Waals surface area (Å²) in [4.78, 5) is 1.96. The third-order valence-corrected chi connectivity index (χ3v) is 5.90. The fourth-order valence-corrected chi connectivity index (χ4v) is 4.47. The normalized spacial score (nSPS) is 11.1. The summed E-state index contributed by atoms with van der Waals surface area (Å²) in [5.41, 5.74) is 0.907. The van der Waals surface area contributed by atoms with Gasteiger partial charge in [-0.3, -0.25) is 0 Å². The highest BCUT2D eigenvalue weighted by atomic mass is 32.2. The molecule has 2 aromatic carbocycles. The molecule has 0 spiro atoms. The van der Waals surface area contributed by atoms with Gasteiger partial charge in [0, 0.05) is 4.90 Å². The first-order valence-corrected chi connectivity index (χ1v) is 10.9. The Bertz CT molecular complexity index is 1060. The summed E-state index contributed by atoms with van der Waals surface area (Å²) in [7, 11) is 0. The van der Waals surface area contributed by atoms with E-state index in [0.717, 1.165) is 32.9 Å². The smallest absolute Gasteiger partial charge is 0.235 e. The lowest BCUT2D eigenvalue weighted by molar-refractivity contribution is 0.289. The Hall–Kier alpha value is -2.58. The predicted octanol–water partition coefficient (Wildman–Crippen LogP) is 4.94. The van der Waals surface area contributed by atoms with E-state index in [1.54, 1.807) is 11.8 Å². The van der Waals surface area contributed by atoms with Gasteiger partial charge in [-0.2, -0.15) is 9.61 Å². The predicted molar refractivity (Wildman–Crippen MR) is 112 cm³/mol. The lowest BCUT2D eigenvalue weighted by Gasteiger charge is -2.13. The number of ether oxygens (including phenoxy) is 2. The van der Waals surface area contributed by atoms with Gasteiger partial charge >= 0.3 is 0 Å². The molecule has 4 rings (SSSR count). The Morgan fingerprint density at radius 3 is 2.57 bits per heavy atom. The minimum Gasteiger partial charge on any atom is -0.490 e. The van der Waals surface area contributed by atoms with E-state index in [1.807, 2.05) is 54.8 Å². The van der Waals surface area contributed by atoms with Crippen LogP contribution in [0.4, 0.5) is 0 Å². The molecule has 0 fully saturated rings. The third kappa shape index (κ3) is 3.83. The molecule has 0 saturated heterocycles. The molecule has 0 bridgehead atoms. The summed E-state index contributed by atoms with van der Waals surface area (Å²) < 4.78 is 13.4. The first-order chi connectivity index (χ1) is 13.8. The van der Waals surface area contributed by atoms with Gasteiger partial charge < -0.3 is 9.47 Å². The summed E-state index contributed by atoms with van der Waals surface area (Å²) in [5.74, 6) is 2.97. The minimum absolute atomic E-state index is 0.556. The van der Waals surface area contributed by atoms with Crippen molar-refractivity contribution in [1.29, 1.82) is 0 Å². The van der Waals surface area contributed by atoms with Gasteiger partial charge in [0.2, 0.25) is 4.96 Å². The summed E-state index contributed by atoms with van der Waals surface area (Å²) >= 11 is 3.21. The van der Waals surface area contributed by atoms with Crippen LogP contribution in [0.1, 0.15) is 19.7 Å². The first kappa shape index (κ1) is 18.8. The number of benzene rings is 2. The van der Waals surface area contributed by atoms with Crippen molar-refractivity contribution >= 4 is 28.1 Å². The van der Waals surface area contributed by atoms with E-state index < -0.39 is 0 Å². The number of hydrogen-bond acceptors (Lipinski definition) is 7. The molecule has 0 N–H and O–H groups in total. The van der Waals surface area contributed by atoms with E-state index in [2.05, 4.69) is 22.3 Å². The zero-order valence-corrected chi connectivity index (χ0v) is 17.3. The second kappa shape index (κ2) is 8.62. The summed E-state index contributed by atoms with van der Waals surface area (Å²) in [6.07, 6.45) is 0. The van der Waals surface area contributed by atoms with E-state index in [4.69, 9.17) is 14.6 Å². The van der Waals surface area contributed by atoms with Crippen molar-refractivity contribution in [3.8, 4) is 22.1 Å². The van der Waals surface area contributed by atoms with Crippen LogP contribution in [-0.2, 0) is 5.75 Å². The second-order valence-electron chi connectivity index (χ2n) is 5.82. The van der Waals surface area contributed by atoms with Crippen molar-refractivity contribution in [3.05, 3.63) is 54.4 Å². The van der Waals surface area contributed by atoms with Crippen LogP contribution >= 0.6 is 23.1 Å². The molecule has 8 heteroatoms. The molecule has 0 atom stereocenters. The average Bonchev–Trinajstić information content (AvgIpc) is 3.30. The zero-order valence-electron chi connectivity index (χ0n) is 15.7. The highest BCUT2D eigenvalue weighted by Crippen LogP contribution is 2.40. The van der Waals surface area contributed by atoms with Crippen LogP contribution < -0.4 is 9.47 Å². The number of aromatic nitrogens is 4. The largest absolute Gasteiger partial charge is 0.490 e. The Labute approximate surface area is 171 Å². The molecule has 0 aliphatic heterocycles. The third-order valence-electron chi connectivity index (χ3n) is 3.96. The molecule has 0 radical (unpaired) electrons. The van der Waals surface area contributed by atoms with E-state index >= 15 is 0 Å². The maximum atomic E-state index is 5.88. The molecular formula is C20H20N4O2S2. The van der Waals surface area contributed by atoms with Gasteiger partial charge in [-0.15, -0.1) is 22.0 Å². The fourth-order valence-electron chi connectivity index (χ4n) is 2.77. The second-order valence-corrected chi connectivity index (χ2v) is 7.82. The Kier molecular flexibility index (Phi) is 5.78. The van der Waals surface area contributed by atoms with Gasteiger partial charge in [0.05, 0.1) is 24.5 Å². The summed E-state index contributed by atoms with van der Waals surface area (Å²) in [5, 5.41) is 14.2. The van der Waals surface area contributed by atoms with Gasteiger partial charge in [-0.05, 0) is 38.1 Å². The Morgan fingerprint density at radius 2 is 1.79 bits per heavy atom. The van der Waals surface area contributed by atoms with Crippen LogP contribution in [-0.4, -0.2) is 33.0 Å². The van der Waals surface area contributed by atoms with Crippen LogP contribution in [0.5, 0.6) is 11.5 Å². The zero-order chi connectivity index (χ0) is 19.3. The molecular weight excluding hydrogens is 392 g/mol. The highest BCUT2D eigenvalue weighted by Gasteiger charge is 2.19. The molecule has 4 aromatic rings. The van der Waals surface area contributed by atoms with Gasteiger partial charge in [-0.25, -0.2) is 0 Å². The number of para-hydroxylation sites is 1. The summed E-state index contributed by atoms with van der Waals surface area (Å²) in [6.45, 7) is 5.06. The Balaban J connectivity index is 1.65. The quantitative estimate of drug-likeness (QED) is 0.382. The number of thioether (sulfide) groups is 1. The van der Waals surface area contributed by atoms with E-state index in [9.17, 15) is 0 Å². The van der Waals surface area contributed by atoms with Crippen molar-refractivity contribution in [2.24, 2.45) is 0 Å². The standard InChI is InChI=1S/C20H20N4O2S2/c1-3-25-16-12-8-11-15(18(16)26-4-2)19-23-24-17(21-22-20(24)28-19)13-27-14-9-6-5-7-10-14/h5-12H,3-4,13H2,1-2H3. The van der Waals surface area contributed by atoms with Crippen molar-refractivity contribution in [2.75, 3.05) is 13.2 Å². The fraction of sp³-hybridized carbons (Fsp3) is 0.250. The van der Waals surface area contributed by atoms with Gasteiger partial charge in [-0.1, -0.05) is 35.6 Å². The van der Waals surface area contributed by atoms with Crippen LogP contribution in [0.3, 0.4) is 0 Å². The lowest BCUT2D eigenvalue weighted by Crippen LogP contribution is -2.00. The van der Waals surface area contributed by atoms with Crippen LogP contribution in [0.2, 0.25) is 0 Å². The molecule has 144 valence electrons. The molecule has 28 heavy (non-hydrogen) atoms. The minimum atomic E-state index is 0.556. The van der Waals surface area contributed by atoms with E-state index in [1.165, 1.54) is 16.2 Å². The number of nitrogens with zero attached hydrogens (tertiary/aromatic N) is 4. The Morgan fingerprint density at radius 1 is 0.964 bits per heavy atom. The lowest BCUT2D eigenvalue weighted by atomic mass is 10.2. The molecule has 0 aliphatic rings. The molecule has 0 unspecified atom stereocenters. The molecule has 0 amide bonds. The van der Waals surface area contributed by atoms with Gasteiger partial charge in [0.1, 0.15) is 0 Å². The maximum absolute atomic E-state index is 5.88. The molecule has 2 aromatic heterocycles. The van der Waals surface area contributed by atoms with Crippen molar-refractivity contribution in [2.45, 2.75) is 24.5 Å².